The highest BCUT2D eigenvalue weighted by atomic mass is 127. The van der Waals surface area contributed by atoms with Crippen LogP contribution in [0.15, 0.2) is 54.9 Å². The van der Waals surface area contributed by atoms with Gasteiger partial charge in [0.1, 0.15) is 5.82 Å². The number of carbonyl (C=O) groups is 1. The molecule has 1 amide bonds. The Kier molecular flexibility index (Phi) is 4.65. The second-order valence-electron chi connectivity index (χ2n) is 6.55. The molecule has 1 aromatic heterocycles. The summed E-state index contributed by atoms with van der Waals surface area (Å²) in [5.41, 5.74) is -3.13. The van der Waals surface area contributed by atoms with Crippen molar-refractivity contribution in [3.63, 3.8) is 0 Å². The Labute approximate surface area is 176 Å². The van der Waals surface area contributed by atoms with Gasteiger partial charge in [0.15, 0.2) is 0 Å². The van der Waals surface area contributed by atoms with Gasteiger partial charge in [0, 0.05) is 22.9 Å². The van der Waals surface area contributed by atoms with Crippen LogP contribution in [0, 0.1) is 5.82 Å². The molecule has 4 rings (SSSR count). The number of rotatable bonds is 3. The molecule has 0 radical (unpaired) electrons. The number of amides is 1. The lowest BCUT2D eigenvalue weighted by atomic mass is 9.95. The van der Waals surface area contributed by atoms with Crippen molar-refractivity contribution in [1.82, 2.24) is 7.99 Å². The molecule has 0 aliphatic carbocycles. The second-order valence-corrected chi connectivity index (χ2v) is 7.54. The Bertz CT molecular complexity index is 1110. The van der Waals surface area contributed by atoms with Crippen LogP contribution in [-0.2, 0) is 16.9 Å². The van der Waals surface area contributed by atoms with E-state index in [9.17, 15) is 27.5 Å². The Hall–Kier alpha value is -2.47. The largest absolute Gasteiger partial charge is 0.430 e. The molecule has 0 spiro atoms. The number of aromatic nitrogens is 2. The minimum absolute atomic E-state index is 0.0620. The van der Waals surface area contributed by atoms with Crippen molar-refractivity contribution in [2.75, 3.05) is 4.90 Å². The molecule has 3 aromatic rings. The maximum Gasteiger partial charge on any atom is 0.430 e. The van der Waals surface area contributed by atoms with E-state index in [1.807, 2.05) is 22.9 Å². The highest BCUT2D eigenvalue weighted by molar-refractivity contribution is 14.1. The second kappa shape index (κ2) is 6.80. The number of anilines is 1. The summed E-state index contributed by atoms with van der Waals surface area (Å²) in [5.74, 6) is -2.11. The molecule has 1 unspecified atom stereocenters. The number of halogens is 5. The lowest BCUT2D eigenvalue weighted by Crippen LogP contribution is -2.50. The van der Waals surface area contributed by atoms with Gasteiger partial charge >= 0.3 is 6.18 Å². The standard InChI is InChI=1S/C19H12F4IN3O2/c20-15-7-11(5-6-13(15)12-8-25-27(24)10-12)9-26-16-4-2-1-3-14(16)18(29,17(26)28)19(21,22)23/h1-8,10,29H,9H2. The molecule has 2 heterocycles. The van der Waals surface area contributed by atoms with E-state index in [0.29, 0.717) is 5.56 Å². The number of hydrogen-bond donors (Lipinski definition) is 1. The summed E-state index contributed by atoms with van der Waals surface area (Å²) in [4.78, 5) is 13.4. The van der Waals surface area contributed by atoms with Gasteiger partial charge in [-0.05, 0) is 17.7 Å². The van der Waals surface area contributed by atoms with Crippen LogP contribution >= 0.6 is 22.9 Å². The average Bonchev–Trinajstić information content (AvgIpc) is 3.18. The van der Waals surface area contributed by atoms with E-state index in [2.05, 4.69) is 5.10 Å². The molecule has 1 N–H and O–H groups in total. The average molecular weight is 517 g/mol. The van der Waals surface area contributed by atoms with Crippen molar-refractivity contribution in [3.8, 4) is 11.1 Å². The highest BCUT2D eigenvalue weighted by Gasteiger charge is 2.66. The summed E-state index contributed by atoms with van der Waals surface area (Å²) in [6, 6.07) is 9.30. The molecule has 29 heavy (non-hydrogen) atoms. The first-order chi connectivity index (χ1) is 13.6. The Morgan fingerprint density at radius 3 is 2.52 bits per heavy atom. The van der Waals surface area contributed by atoms with Gasteiger partial charge in [0.05, 0.1) is 41.3 Å². The third-order valence-corrected chi connectivity index (χ3v) is 5.32. The minimum atomic E-state index is -5.19. The van der Waals surface area contributed by atoms with E-state index in [1.165, 1.54) is 39.4 Å². The van der Waals surface area contributed by atoms with Gasteiger partial charge in [-0.2, -0.15) is 18.3 Å². The number of para-hydroxylation sites is 1. The summed E-state index contributed by atoms with van der Waals surface area (Å²) in [7, 11) is 0. The predicted molar refractivity (Wildman–Crippen MR) is 105 cm³/mol. The molecular formula is C19H12F4IN3O2. The molecule has 5 nitrogen and oxygen atoms in total. The zero-order chi connectivity index (χ0) is 21.0. The van der Waals surface area contributed by atoms with E-state index in [4.69, 9.17) is 0 Å². The molecule has 1 atom stereocenters. The molecule has 0 bridgehead atoms. The fourth-order valence-electron chi connectivity index (χ4n) is 3.38. The SMILES string of the molecule is O=C1N(Cc2ccc(-c3cnn(I)c3)c(F)c2)c2ccccc2C1(O)C(F)(F)F. The Morgan fingerprint density at radius 1 is 1.17 bits per heavy atom. The summed E-state index contributed by atoms with van der Waals surface area (Å²) < 4.78 is 56.6. The van der Waals surface area contributed by atoms with Crippen LogP contribution < -0.4 is 4.90 Å². The van der Waals surface area contributed by atoms with Crippen LogP contribution in [0.5, 0.6) is 0 Å². The predicted octanol–water partition coefficient (Wildman–Crippen LogP) is 4.18. The van der Waals surface area contributed by atoms with Crippen molar-refractivity contribution in [3.05, 3.63) is 71.8 Å². The maximum atomic E-state index is 14.6. The van der Waals surface area contributed by atoms with Gasteiger partial charge in [0.2, 0.25) is 0 Å². The monoisotopic (exact) mass is 517 g/mol. The van der Waals surface area contributed by atoms with Gasteiger partial charge in [-0.15, -0.1) is 0 Å². The zero-order valence-corrected chi connectivity index (χ0v) is 16.6. The van der Waals surface area contributed by atoms with Gasteiger partial charge in [-0.1, -0.05) is 30.3 Å². The lowest BCUT2D eigenvalue weighted by molar-refractivity contribution is -0.253. The van der Waals surface area contributed by atoms with Gasteiger partial charge in [-0.3, -0.25) is 4.79 Å². The summed E-state index contributed by atoms with van der Waals surface area (Å²) in [6.07, 6.45) is -2.10. The fourth-order valence-corrected chi connectivity index (χ4v) is 3.80. The van der Waals surface area contributed by atoms with Crippen molar-refractivity contribution in [1.29, 1.82) is 0 Å². The van der Waals surface area contributed by atoms with Crippen LogP contribution in [-0.4, -0.2) is 25.2 Å². The van der Waals surface area contributed by atoms with Crippen molar-refractivity contribution in [2.24, 2.45) is 0 Å². The van der Waals surface area contributed by atoms with E-state index in [0.717, 1.165) is 17.0 Å². The van der Waals surface area contributed by atoms with Crippen molar-refractivity contribution >= 4 is 34.5 Å². The van der Waals surface area contributed by atoms with Crippen molar-refractivity contribution < 1.29 is 27.5 Å². The molecule has 2 aromatic carbocycles. The first-order valence-electron chi connectivity index (χ1n) is 8.33. The van der Waals surface area contributed by atoms with Gasteiger partial charge in [0.25, 0.3) is 11.5 Å². The number of alkyl halides is 3. The number of nitrogens with zero attached hydrogens (tertiary/aromatic N) is 3. The minimum Gasteiger partial charge on any atom is -0.368 e. The fraction of sp³-hybridized carbons (Fsp3) is 0.158. The van der Waals surface area contributed by atoms with E-state index in [-0.39, 0.29) is 23.4 Å². The highest BCUT2D eigenvalue weighted by Crippen LogP contribution is 2.49. The summed E-state index contributed by atoms with van der Waals surface area (Å²) in [5, 5.41) is 14.2. The third-order valence-electron chi connectivity index (χ3n) is 4.79. The van der Waals surface area contributed by atoms with E-state index in [1.54, 1.807) is 6.20 Å². The van der Waals surface area contributed by atoms with Crippen LogP contribution in [0.3, 0.4) is 0 Å². The van der Waals surface area contributed by atoms with Crippen LogP contribution in [0.25, 0.3) is 11.1 Å². The number of hydrogen-bond acceptors (Lipinski definition) is 3. The smallest absolute Gasteiger partial charge is 0.368 e. The molecule has 1 aliphatic rings. The number of benzene rings is 2. The molecular weight excluding hydrogens is 505 g/mol. The number of carbonyl (C=O) groups excluding carboxylic acids is 1. The molecule has 0 fully saturated rings. The molecule has 1 aliphatic heterocycles. The quantitative estimate of drug-likeness (QED) is 0.419. The van der Waals surface area contributed by atoms with Crippen LogP contribution in [0.2, 0.25) is 0 Å². The maximum absolute atomic E-state index is 14.6. The van der Waals surface area contributed by atoms with Crippen LogP contribution in [0.4, 0.5) is 23.2 Å². The zero-order valence-electron chi connectivity index (χ0n) is 14.5. The summed E-state index contributed by atoms with van der Waals surface area (Å²) >= 11 is 1.91. The summed E-state index contributed by atoms with van der Waals surface area (Å²) in [6.45, 7) is -0.322. The molecule has 150 valence electrons. The van der Waals surface area contributed by atoms with E-state index < -0.39 is 29.1 Å². The third kappa shape index (κ3) is 3.10. The first-order valence-corrected chi connectivity index (χ1v) is 9.29. The normalized spacial score (nSPS) is 19.0. The topological polar surface area (TPSA) is 58.4 Å². The number of aliphatic hydroxyl groups is 1. The molecule has 0 saturated carbocycles. The molecule has 0 saturated heterocycles. The Balaban J connectivity index is 1.70. The Morgan fingerprint density at radius 2 is 1.90 bits per heavy atom. The van der Waals surface area contributed by atoms with Gasteiger partial charge in [-0.25, -0.2) is 7.29 Å². The van der Waals surface area contributed by atoms with Crippen LogP contribution in [0.1, 0.15) is 11.1 Å². The van der Waals surface area contributed by atoms with Gasteiger partial charge < -0.3 is 10.0 Å². The first kappa shape index (κ1) is 19.8. The number of fused-ring (bicyclic) bond motifs is 1. The molecule has 10 heteroatoms. The lowest BCUT2D eigenvalue weighted by Gasteiger charge is -2.25. The van der Waals surface area contributed by atoms with Crippen molar-refractivity contribution in [2.45, 2.75) is 18.3 Å². The van der Waals surface area contributed by atoms with E-state index >= 15 is 0 Å².